The number of hydrogen-bond donors (Lipinski definition) is 2. The second kappa shape index (κ2) is 3.41. The van der Waals surface area contributed by atoms with Gasteiger partial charge in [-0.05, 0) is 43.4 Å². The Balaban J connectivity index is 2.08. The van der Waals surface area contributed by atoms with E-state index in [1.807, 2.05) is 0 Å². The molecule has 1 aliphatic rings. The molecule has 66 valence electrons. The van der Waals surface area contributed by atoms with Gasteiger partial charge in [0.2, 0.25) is 5.88 Å². The van der Waals surface area contributed by atoms with E-state index < -0.39 is 0 Å². The molecule has 2 rings (SSSR count). The lowest BCUT2D eigenvalue weighted by Crippen LogP contribution is -2.26. The molecule has 3 nitrogen and oxygen atoms in total. The predicted molar refractivity (Wildman–Crippen MR) is 48.6 cm³/mol. The van der Waals surface area contributed by atoms with Crippen molar-refractivity contribution in [2.24, 2.45) is 0 Å². The van der Waals surface area contributed by atoms with E-state index in [2.05, 4.69) is 9.69 Å². The maximum Gasteiger partial charge on any atom is 0.222 e. The number of nitrogens with zero attached hydrogens (tertiary/aromatic N) is 1. The molecule has 0 aromatic carbocycles. The zero-order valence-electron chi connectivity index (χ0n) is 6.79. The quantitative estimate of drug-likeness (QED) is 0.692. The molecule has 1 fully saturated rings. The summed E-state index contributed by atoms with van der Waals surface area (Å²) in [6, 6.07) is 1.79. The molecular weight excluding hydrogens is 172 g/mol. The summed E-state index contributed by atoms with van der Waals surface area (Å²) < 4.78 is 3.87. The molecule has 0 amide bonds. The van der Waals surface area contributed by atoms with Crippen LogP contribution in [0.15, 0.2) is 6.07 Å². The highest BCUT2D eigenvalue weighted by Gasteiger charge is 2.17. The fourth-order valence-electron chi connectivity index (χ4n) is 1.58. The summed E-state index contributed by atoms with van der Waals surface area (Å²) in [6.45, 7) is 2.17. The van der Waals surface area contributed by atoms with Crippen molar-refractivity contribution >= 4 is 11.5 Å². The van der Waals surface area contributed by atoms with Crippen molar-refractivity contribution in [1.82, 2.24) is 9.69 Å². The van der Waals surface area contributed by atoms with E-state index in [0.717, 1.165) is 13.1 Å². The minimum Gasteiger partial charge on any atom is -0.493 e. The van der Waals surface area contributed by atoms with Gasteiger partial charge in [0.15, 0.2) is 0 Å². The Morgan fingerprint density at radius 3 is 2.83 bits per heavy atom. The van der Waals surface area contributed by atoms with Crippen molar-refractivity contribution < 1.29 is 5.11 Å². The van der Waals surface area contributed by atoms with Crippen LogP contribution in [0, 0.1) is 0 Å². The van der Waals surface area contributed by atoms with Gasteiger partial charge in [0.1, 0.15) is 0 Å². The second-order valence-corrected chi connectivity index (χ2v) is 3.95. The highest BCUT2D eigenvalue weighted by atomic mass is 32.1. The van der Waals surface area contributed by atoms with Crippen LogP contribution in [0.25, 0.3) is 0 Å². The summed E-state index contributed by atoms with van der Waals surface area (Å²) in [5.41, 5.74) is 0. The third-order valence-corrected chi connectivity index (χ3v) is 3.20. The fourth-order valence-corrected chi connectivity index (χ4v) is 2.37. The number of aromatic nitrogens is 1. The second-order valence-electron chi connectivity index (χ2n) is 3.11. The monoisotopic (exact) mass is 184 g/mol. The SMILES string of the molecule is Oc1cc(C2CCNCC2)sn1. The van der Waals surface area contributed by atoms with E-state index in [-0.39, 0.29) is 5.88 Å². The van der Waals surface area contributed by atoms with E-state index in [4.69, 9.17) is 5.11 Å². The smallest absolute Gasteiger partial charge is 0.222 e. The van der Waals surface area contributed by atoms with Crippen LogP contribution >= 0.6 is 11.5 Å². The van der Waals surface area contributed by atoms with Gasteiger partial charge in [0, 0.05) is 10.9 Å². The van der Waals surface area contributed by atoms with Crippen molar-refractivity contribution in [2.45, 2.75) is 18.8 Å². The molecule has 0 radical (unpaired) electrons. The van der Waals surface area contributed by atoms with E-state index in [0.29, 0.717) is 5.92 Å². The van der Waals surface area contributed by atoms with Crippen LogP contribution in [-0.2, 0) is 0 Å². The minimum atomic E-state index is 0.175. The molecular formula is C8H12N2OS. The molecule has 4 heteroatoms. The highest BCUT2D eigenvalue weighted by Crippen LogP contribution is 2.30. The molecule has 0 unspecified atom stereocenters. The highest BCUT2D eigenvalue weighted by molar-refractivity contribution is 7.06. The van der Waals surface area contributed by atoms with Crippen molar-refractivity contribution in [3.8, 4) is 5.88 Å². The van der Waals surface area contributed by atoms with Crippen molar-refractivity contribution in [2.75, 3.05) is 13.1 Å². The number of rotatable bonds is 1. The van der Waals surface area contributed by atoms with Gasteiger partial charge in [-0.1, -0.05) is 0 Å². The molecule has 2 heterocycles. The van der Waals surface area contributed by atoms with Crippen LogP contribution in [0.1, 0.15) is 23.6 Å². The number of aromatic hydroxyl groups is 1. The summed E-state index contributed by atoms with van der Waals surface area (Å²) in [5, 5.41) is 12.4. The van der Waals surface area contributed by atoms with Crippen LogP contribution in [0.5, 0.6) is 5.88 Å². The third kappa shape index (κ3) is 1.59. The molecule has 1 aromatic rings. The lowest BCUT2D eigenvalue weighted by molar-refractivity contribution is 0.452. The van der Waals surface area contributed by atoms with Gasteiger partial charge in [-0.25, -0.2) is 0 Å². The lowest BCUT2D eigenvalue weighted by Gasteiger charge is -2.20. The fraction of sp³-hybridized carbons (Fsp3) is 0.625. The average molecular weight is 184 g/mol. The first-order chi connectivity index (χ1) is 5.86. The van der Waals surface area contributed by atoms with Crippen LogP contribution in [0.3, 0.4) is 0 Å². The Kier molecular flexibility index (Phi) is 2.28. The summed E-state index contributed by atoms with van der Waals surface area (Å²) in [7, 11) is 0. The Morgan fingerprint density at radius 2 is 2.25 bits per heavy atom. The first-order valence-corrected chi connectivity index (χ1v) is 5.00. The third-order valence-electron chi connectivity index (χ3n) is 2.26. The number of nitrogens with one attached hydrogen (secondary N) is 1. The van der Waals surface area contributed by atoms with E-state index in [1.54, 1.807) is 6.07 Å². The predicted octanol–water partition coefficient (Wildman–Crippen LogP) is 1.32. The van der Waals surface area contributed by atoms with Gasteiger partial charge in [0.25, 0.3) is 0 Å². The maximum atomic E-state index is 9.07. The van der Waals surface area contributed by atoms with Crippen LogP contribution in [-0.4, -0.2) is 22.6 Å². The van der Waals surface area contributed by atoms with Crippen molar-refractivity contribution in [3.63, 3.8) is 0 Å². The van der Waals surface area contributed by atoms with Crippen molar-refractivity contribution in [3.05, 3.63) is 10.9 Å². The van der Waals surface area contributed by atoms with Gasteiger partial charge in [-0.2, -0.15) is 4.37 Å². The summed E-state index contributed by atoms with van der Waals surface area (Å²) in [5.74, 6) is 0.790. The number of piperidine rings is 1. The molecule has 0 spiro atoms. The van der Waals surface area contributed by atoms with Gasteiger partial charge in [-0.15, -0.1) is 0 Å². The normalized spacial score (nSPS) is 19.7. The largest absolute Gasteiger partial charge is 0.493 e. The Bertz CT molecular complexity index is 255. The Morgan fingerprint density at radius 1 is 1.50 bits per heavy atom. The standard InChI is InChI=1S/C8H12N2OS/c11-8-5-7(12-10-8)6-1-3-9-4-2-6/h5-6,9H,1-4H2,(H,10,11). The molecule has 0 atom stereocenters. The Hall–Kier alpha value is -0.610. The van der Waals surface area contributed by atoms with E-state index >= 15 is 0 Å². The molecule has 0 saturated carbocycles. The summed E-state index contributed by atoms with van der Waals surface area (Å²) >= 11 is 1.43. The zero-order valence-corrected chi connectivity index (χ0v) is 7.60. The maximum absolute atomic E-state index is 9.07. The van der Waals surface area contributed by atoms with Gasteiger partial charge in [-0.3, -0.25) is 0 Å². The van der Waals surface area contributed by atoms with E-state index in [1.165, 1.54) is 29.3 Å². The Labute approximate surface area is 75.6 Å². The summed E-state index contributed by atoms with van der Waals surface area (Å²) in [6.07, 6.45) is 2.34. The first-order valence-electron chi connectivity index (χ1n) is 4.22. The minimum absolute atomic E-state index is 0.175. The first kappa shape index (κ1) is 8.01. The topological polar surface area (TPSA) is 45.1 Å². The van der Waals surface area contributed by atoms with Crippen LogP contribution in [0.2, 0.25) is 0 Å². The molecule has 2 N–H and O–H groups in total. The van der Waals surface area contributed by atoms with Gasteiger partial charge in [0.05, 0.1) is 0 Å². The van der Waals surface area contributed by atoms with Gasteiger partial charge < -0.3 is 10.4 Å². The molecule has 12 heavy (non-hydrogen) atoms. The zero-order chi connectivity index (χ0) is 8.39. The van der Waals surface area contributed by atoms with Crippen molar-refractivity contribution in [1.29, 1.82) is 0 Å². The van der Waals surface area contributed by atoms with E-state index in [9.17, 15) is 0 Å². The molecule has 1 aliphatic heterocycles. The number of hydrogen-bond acceptors (Lipinski definition) is 4. The molecule has 0 bridgehead atoms. The lowest BCUT2D eigenvalue weighted by atomic mass is 9.97. The molecule has 1 aromatic heterocycles. The summed E-state index contributed by atoms with van der Waals surface area (Å²) in [4.78, 5) is 1.23. The van der Waals surface area contributed by atoms with Crippen LogP contribution < -0.4 is 5.32 Å². The molecule has 0 aliphatic carbocycles. The van der Waals surface area contributed by atoms with Crippen LogP contribution in [0.4, 0.5) is 0 Å². The van der Waals surface area contributed by atoms with Gasteiger partial charge >= 0.3 is 0 Å². The molecule has 1 saturated heterocycles. The average Bonchev–Trinajstić information content (AvgIpc) is 2.54.